The molecule has 16 heteroatoms. The predicted octanol–water partition coefficient (Wildman–Crippen LogP) is 1.92. The number of carbonyl (C=O) groups is 4. The van der Waals surface area contributed by atoms with Crippen molar-refractivity contribution < 1.29 is 51.0 Å². The molecule has 2 saturated heterocycles. The fraction of sp³-hybridized carbons (Fsp3) is 0.615. The molecule has 0 bridgehead atoms. The molecule has 0 spiro atoms. The van der Waals surface area contributed by atoms with Crippen LogP contribution in [0.2, 0.25) is 0 Å². The summed E-state index contributed by atoms with van der Waals surface area (Å²) in [7, 11) is 0. The van der Waals surface area contributed by atoms with Gasteiger partial charge in [-0.3, -0.25) is 14.4 Å². The van der Waals surface area contributed by atoms with Crippen LogP contribution in [0.25, 0.3) is 0 Å². The van der Waals surface area contributed by atoms with E-state index in [0.29, 0.717) is 18.2 Å². The Hall–Kier alpha value is -3.11. The summed E-state index contributed by atoms with van der Waals surface area (Å²) in [5.74, 6) is -9.07. The molecule has 4 amide bonds. The number of esters is 1. The van der Waals surface area contributed by atoms with Crippen molar-refractivity contribution in [3.05, 3.63) is 29.3 Å². The Bertz CT molecular complexity index is 1090. The fourth-order valence-electron chi connectivity index (χ4n) is 4.30. The maximum Gasteiger partial charge on any atom is 0.315 e. The molecule has 0 aromatic heterocycles. The smallest absolute Gasteiger partial charge is 0.315 e. The number of thioether (sulfide) groups is 1. The van der Waals surface area contributed by atoms with Gasteiger partial charge in [0.25, 0.3) is 0 Å². The molecular formula is C26H34F4N4O7S. The molecule has 11 nitrogen and oxygen atoms in total. The van der Waals surface area contributed by atoms with E-state index >= 15 is 0 Å². The van der Waals surface area contributed by atoms with Gasteiger partial charge in [-0.2, -0.15) is 20.5 Å². The highest BCUT2D eigenvalue weighted by Gasteiger charge is 2.42. The number of fused-ring (bicyclic) bond motifs is 1. The van der Waals surface area contributed by atoms with Crippen molar-refractivity contribution in [2.24, 2.45) is 0 Å². The van der Waals surface area contributed by atoms with Crippen LogP contribution in [0.4, 0.5) is 22.4 Å². The van der Waals surface area contributed by atoms with E-state index in [0.717, 1.165) is 25.0 Å². The number of ether oxygens (including phenoxy) is 3. The molecule has 0 radical (unpaired) electrons. The van der Waals surface area contributed by atoms with Gasteiger partial charge in [0, 0.05) is 43.0 Å². The molecular weight excluding hydrogens is 588 g/mol. The summed E-state index contributed by atoms with van der Waals surface area (Å²) in [4.78, 5) is 46.9. The number of carbonyl (C=O) groups excluding carboxylic acids is 4. The topological polar surface area (TPSA) is 144 Å². The Morgan fingerprint density at radius 2 is 1.48 bits per heavy atom. The second kappa shape index (κ2) is 17.1. The second-order valence-corrected chi connectivity index (χ2v) is 10.8. The van der Waals surface area contributed by atoms with Crippen LogP contribution < -0.4 is 26.0 Å². The zero-order valence-corrected chi connectivity index (χ0v) is 23.6. The van der Waals surface area contributed by atoms with Crippen LogP contribution in [-0.2, 0) is 23.9 Å². The van der Waals surface area contributed by atoms with Gasteiger partial charge in [0.1, 0.15) is 0 Å². The van der Waals surface area contributed by atoms with Gasteiger partial charge in [-0.05, 0) is 12.8 Å². The average molecular weight is 623 g/mol. The number of amides is 4. The molecule has 0 aliphatic carbocycles. The van der Waals surface area contributed by atoms with Crippen LogP contribution in [0.1, 0.15) is 38.5 Å². The predicted molar refractivity (Wildman–Crippen MR) is 143 cm³/mol. The second-order valence-electron chi connectivity index (χ2n) is 9.56. The number of hydrogen-bond donors (Lipinski definition) is 4. The third kappa shape index (κ3) is 10.6. The Morgan fingerprint density at radius 3 is 2.14 bits per heavy atom. The normalized spacial score (nSPS) is 19.1. The third-order valence-electron chi connectivity index (χ3n) is 6.43. The minimum absolute atomic E-state index is 0.00160. The van der Waals surface area contributed by atoms with Gasteiger partial charge in [0.15, 0.2) is 11.6 Å². The van der Waals surface area contributed by atoms with E-state index in [4.69, 9.17) is 9.47 Å². The third-order valence-corrected chi connectivity index (χ3v) is 7.94. The SMILES string of the molecule is O=C(CCCC[C@@H]1SC[C@@H]2NC(=O)N[C@@H]21)NCCNC(=O)CCOCCOCCC(=O)Oc1c(F)c(F)cc(F)c1F. The zero-order chi connectivity index (χ0) is 30.5. The van der Waals surface area contributed by atoms with Crippen LogP contribution in [-0.4, -0.2) is 86.4 Å². The molecule has 0 saturated carbocycles. The molecule has 2 heterocycles. The van der Waals surface area contributed by atoms with Gasteiger partial charge in [0.05, 0.1) is 44.9 Å². The molecule has 3 atom stereocenters. The molecule has 2 aliphatic rings. The number of urea groups is 1. The molecule has 3 rings (SSSR count). The molecule has 234 valence electrons. The van der Waals surface area contributed by atoms with Crippen molar-refractivity contribution in [2.45, 2.75) is 55.9 Å². The van der Waals surface area contributed by atoms with Crippen molar-refractivity contribution >= 4 is 35.6 Å². The molecule has 4 N–H and O–H groups in total. The van der Waals surface area contributed by atoms with Crippen LogP contribution in [0.5, 0.6) is 5.75 Å². The van der Waals surface area contributed by atoms with Gasteiger partial charge in [0.2, 0.25) is 29.2 Å². The minimum atomic E-state index is -1.82. The summed E-state index contributed by atoms with van der Waals surface area (Å²) in [5.41, 5.74) is 0. The maximum atomic E-state index is 13.5. The standard InChI is InChI=1S/C26H34F4N4O7S/c27-15-13-16(28)23(30)25(22(15)29)41-21(37)6-10-40-12-11-39-9-5-20(36)32-8-7-31-19(35)4-2-1-3-18-24-17(14-42-18)33-26(38)34-24/h13,17-18,24H,1-12,14H2,(H,31,35)(H,32,36)(H2,33,34,38)/t17-,18-,24-/m0/s1. The van der Waals surface area contributed by atoms with E-state index in [1.807, 2.05) is 11.8 Å². The van der Waals surface area contributed by atoms with Gasteiger partial charge in [-0.25, -0.2) is 13.6 Å². The highest BCUT2D eigenvalue weighted by molar-refractivity contribution is 8.00. The lowest BCUT2D eigenvalue weighted by Gasteiger charge is -2.16. The van der Waals surface area contributed by atoms with Crippen molar-refractivity contribution in [3.8, 4) is 5.75 Å². The first-order chi connectivity index (χ1) is 20.2. The number of hydrogen-bond acceptors (Lipinski definition) is 8. The van der Waals surface area contributed by atoms with Gasteiger partial charge >= 0.3 is 12.0 Å². The lowest BCUT2D eigenvalue weighted by molar-refractivity contribution is -0.136. The van der Waals surface area contributed by atoms with Crippen molar-refractivity contribution in [1.82, 2.24) is 21.3 Å². The van der Waals surface area contributed by atoms with Crippen LogP contribution in [0, 0.1) is 23.3 Å². The Balaban J connectivity index is 1.10. The summed E-state index contributed by atoms with van der Waals surface area (Å²) in [5, 5.41) is 11.7. The lowest BCUT2D eigenvalue weighted by Crippen LogP contribution is -2.36. The summed E-state index contributed by atoms with van der Waals surface area (Å²) in [6.07, 6.45) is 2.61. The zero-order valence-electron chi connectivity index (χ0n) is 22.8. The maximum absolute atomic E-state index is 13.5. The van der Waals surface area contributed by atoms with Crippen molar-refractivity contribution in [1.29, 1.82) is 0 Å². The van der Waals surface area contributed by atoms with Gasteiger partial charge in [-0.15, -0.1) is 0 Å². The largest absolute Gasteiger partial charge is 0.420 e. The monoisotopic (exact) mass is 622 g/mol. The van der Waals surface area contributed by atoms with E-state index in [1.165, 1.54) is 0 Å². The number of rotatable bonds is 18. The fourth-order valence-corrected chi connectivity index (χ4v) is 5.85. The first-order valence-corrected chi connectivity index (χ1v) is 14.6. The van der Waals surface area contributed by atoms with Crippen LogP contribution in [0.15, 0.2) is 6.07 Å². The van der Waals surface area contributed by atoms with Gasteiger partial charge in [-0.1, -0.05) is 6.42 Å². The molecule has 2 aliphatic heterocycles. The quantitative estimate of drug-likeness (QED) is 0.0486. The van der Waals surface area contributed by atoms with Crippen LogP contribution in [0.3, 0.4) is 0 Å². The minimum Gasteiger partial charge on any atom is -0.420 e. The van der Waals surface area contributed by atoms with Crippen molar-refractivity contribution in [3.63, 3.8) is 0 Å². The van der Waals surface area contributed by atoms with E-state index in [-0.39, 0.29) is 75.4 Å². The first-order valence-electron chi connectivity index (χ1n) is 13.6. The molecule has 1 aromatic rings. The summed E-state index contributed by atoms with van der Waals surface area (Å²) < 4.78 is 68.0. The Labute approximate surface area is 244 Å². The van der Waals surface area contributed by atoms with Gasteiger partial charge < -0.3 is 35.5 Å². The number of benzene rings is 1. The Morgan fingerprint density at radius 1 is 0.857 bits per heavy atom. The highest BCUT2D eigenvalue weighted by atomic mass is 32.2. The van der Waals surface area contributed by atoms with E-state index in [2.05, 4.69) is 26.0 Å². The molecule has 0 unspecified atom stereocenters. The number of halogens is 4. The average Bonchev–Trinajstić information content (AvgIpc) is 3.51. The first kappa shape index (κ1) is 33.4. The molecule has 2 fully saturated rings. The van der Waals surface area contributed by atoms with E-state index in [9.17, 15) is 36.7 Å². The summed E-state index contributed by atoms with van der Waals surface area (Å²) in [6.45, 7) is 0.625. The van der Waals surface area contributed by atoms with E-state index in [1.54, 1.807) is 0 Å². The van der Waals surface area contributed by atoms with Crippen molar-refractivity contribution in [2.75, 3.05) is 45.3 Å². The summed E-state index contributed by atoms with van der Waals surface area (Å²) >= 11 is 1.84. The lowest BCUT2D eigenvalue weighted by atomic mass is 10.0. The summed E-state index contributed by atoms with van der Waals surface area (Å²) in [6, 6.07) is 0.246. The highest BCUT2D eigenvalue weighted by Crippen LogP contribution is 2.33. The van der Waals surface area contributed by atoms with E-state index < -0.39 is 41.4 Å². The number of nitrogens with one attached hydrogen (secondary N) is 4. The Kier molecular flexibility index (Phi) is 13.6. The molecule has 1 aromatic carbocycles. The van der Waals surface area contributed by atoms with Crippen LogP contribution >= 0.6 is 11.8 Å². The number of unbranched alkanes of at least 4 members (excludes halogenated alkanes) is 1. The molecule has 42 heavy (non-hydrogen) atoms.